The van der Waals surface area contributed by atoms with Crippen LogP contribution in [0, 0.1) is 29.6 Å². The van der Waals surface area contributed by atoms with Crippen LogP contribution in [-0.4, -0.2) is 90.6 Å². The Morgan fingerprint density at radius 3 is 1.54 bits per heavy atom. The molecule has 3 saturated heterocycles. The van der Waals surface area contributed by atoms with E-state index in [1.54, 1.807) is 14.0 Å². The summed E-state index contributed by atoms with van der Waals surface area (Å²) in [6.45, 7) is 14.1. The zero-order valence-electron chi connectivity index (χ0n) is 22.6. The average Bonchev–Trinajstić information content (AvgIpc) is 2.86. The first-order chi connectivity index (χ1) is 16.6. The van der Waals surface area contributed by atoms with E-state index in [2.05, 4.69) is 34.6 Å². The lowest BCUT2D eigenvalue weighted by atomic mass is 9.82. The van der Waals surface area contributed by atoms with Crippen molar-refractivity contribution in [2.24, 2.45) is 29.6 Å². The molecule has 0 amide bonds. The van der Waals surface area contributed by atoms with E-state index in [4.69, 9.17) is 28.4 Å². The highest BCUT2D eigenvalue weighted by Crippen LogP contribution is 2.41. The summed E-state index contributed by atoms with van der Waals surface area (Å²) in [5.41, 5.74) is 0. The van der Waals surface area contributed by atoms with Gasteiger partial charge in [-0.25, -0.2) is 0 Å². The average molecular weight is 505 g/mol. The van der Waals surface area contributed by atoms with Gasteiger partial charge >= 0.3 is 0 Å². The van der Waals surface area contributed by atoms with Gasteiger partial charge in [0, 0.05) is 24.9 Å². The third-order valence-electron chi connectivity index (χ3n) is 8.77. The van der Waals surface area contributed by atoms with Crippen molar-refractivity contribution in [2.75, 3.05) is 13.7 Å². The lowest BCUT2D eigenvalue weighted by molar-refractivity contribution is -0.354. The molecule has 206 valence electrons. The van der Waals surface area contributed by atoms with E-state index < -0.39 is 36.8 Å². The molecule has 0 aliphatic carbocycles. The second kappa shape index (κ2) is 12.5. The predicted octanol–water partition coefficient (Wildman–Crippen LogP) is 2.29. The Balaban J connectivity index is 1.72. The molecule has 3 aliphatic heterocycles. The molecule has 0 saturated carbocycles. The van der Waals surface area contributed by atoms with Crippen molar-refractivity contribution in [3.63, 3.8) is 0 Å². The highest BCUT2D eigenvalue weighted by atomic mass is 16.7. The SMILES string of the molecule is CCC1OC(OC)C(C)C(C)C1OC1OC(CC)C(OC2OC(CO)C(C)C(O)C2O)C(C)C1C. The fraction of sp³-hybridized carbons (Fsp3) is 1.00. The Morgan fingerprint density at radius 1 is 0.600 bits per heavy atom. The minimum absolute atomic E-state index is 0.00109. The van der Waals surface area contributed by atoms with Crippen LogP contribution in [0.3, 0.4) is 0 Å². The van der Waals surface area contributed by atoms with Gasteiger partial charge in [-0.05, 0) is 24.7 Å². The van der Waals surface area contributed by atoms with Gasteiger partial charge in [-0.15, -0.1) is 0 Å². The van der Waals surface area contributed by atoms with E-state index in [-0.39, 0.29) is 61.0 Å². The fourth-order valence-electron chi connectivity index (χ4n) is 5.73. The molecule has 9 heteroatoms. The van der Waals surface area contributed by atoms with Crippen molar-refractivity contribution in [3.8, 4) is 0 Å². The Hall–Kier alpha value is -0.360. The highest BCUT2D eigenvalue weighted by molar-refractivity contribution is 4.92. The van der Waals surface area contributed by atoms with Crippen LogP contribution in [0.2, 0.25) is 0 Å². The van der Waals surface area contributed by atoms with Crippen LogP contribution < -0.4 is 0 Å². The van der Waals surface area contributed by atoms with E-state index >= 15 is 0 Å². The molecular weight excluding hydrogens is 456 g/mol. The first-order valence-electron chi connectivity index (χ1n) is 13.4. The molecule has 0 bridgehead atoms. The number of methoxy groups -OCH3 is 1. The van der Waals surface area contributed by atoms with E-state index in [0.29, 0.717) is 6.42 Å². The molecule has 3 heterocycles. The summed E-state index contributed by atoms with van der Waals surface area (Å²) in [5, 5.41) is 30.7. The van der Waals surface area contributed by atoms with Crippen LogP contribution in [-0.2, 0) is 28.4 Å². The smallest absolute Gasteiger partial charge is 0.186 e. The van der Waals surface area contributed by atoms with Gasteiger partial charge in [0.15, 0.2) is 18.9 Å². The Kier molecular flexibility index (Phi) is 10.4. The van der Waals surface area contributed by atoms with E-state index in [9.17, 15) is 15.3 Å². The normalized spacial score (nSPS) is 51.3. The fourth-order valence-corrected chi connectivity index (χ4v) is 5.73. The van der Waals surface area contributed by atoms with Crippen LogP contribution >= 0.6 is 0 Å². The highest BCUT2D eigenvalue weighted by Gasteiger charge is 2.50. The molecular formula is C26H48O9. The monoisotopic (exact) mass is 504 g/mol. The zero-order valence-corrected chi connectivity index (χ0v) is 22.6. The van der Waals surface area contributed by atoms with Gasteiger partial charge in [-0.1, -0.05) is 48.5 Å². The summed E-state index contributed by atoms with van der Waals surface area (Å²) in [5.74, 6) is 0.0348. The van der Waals surface area contributed by atoms with Crippen LogP contribution in [0.25, 0.3) is 0 Å². The molecule has 35 heavy (non-hydrogen) atoms. The Labute approximate surface area is 210 Å². The van der Waals surface area contributed by atoms with Crippen molar-refractivity contribution in [2.45, 2.75) is 123 Å². The van der Waals surface area contributed by atoms with Gasteiger partial charge in [0.25, 0.3) is 0 Å². The van der Waals surface area contributed by atoms with E-state index in [1.807, 2.05) is 6.92 Å². The predicted molar refractivity (Wildman–Crippen MR) is 128 cm³/mol. The van der Waals surface area contributed by atoms with E-state index in [0.717, 1.165) is 6.42 Å². The maximum Gasteiger partial charge on any atom is 0.186 e. The Morgan fingerprint density at radius 2 is 1.06 bits per heavy atom. The molecule has 0 aromatic rings. The third-order valence-corrected chi connectivity index (χ3v) is 8.77. The largest absolute Gasteiger partial charge is 0.394 e. The van der Waals surface area contributed by atoms with Crippen molar-refractivity contribution in [3.05, 3.63) is 0 Å². The van der Waals surface area contributed by atoms with Crippen molar-refractivity contribution in [1.29, 1.82) is 0 Å². The van der Waals surface area contributed by atoms with Gasteiger partial charge in [0.05, 0.1) is 43.2 Å². The summed E-state index contributed by atoms with van der Waals surface area (Å²) in [6, 6.07) is 0. The van der Waals surface area contributed by atoms with Crippen LogP contribution in [0.1, 0.15) is 61.3 Å². The van der Waals surface area contributed by atoms with Crippen LogP contribution in [0.15, 0.2) is 0 Å². The van der Waals surface area contributed by atoms with Crippen LogP contribution in [0.4, 0.5) is 0 Å². The number of aliphatic hydroxyl groups excluding tert-OH is 3. The van der Waals surface area contributed by atoms with Gasteiger partial charge in [-0.2, -0.15) is 0 Å². The topological polar surface area (TPSA) is 116 Å². The molecule has 3 aliphatic rings. The van der Waals surface area contributed by atoms with E-state index in [1.165, 1.54) is 0 Å². The standard InChI is InChI=1S/C26H48O9/c1-9-17-22(12(3)14(5)24(30-8)31-17)34-25-15(6)13(4)23(18(10-2)32-25)35-26-21(29)20(28)16(7)19(11-27)33-26/h12-29H,9-11H2,1-8H3. The molecule has 15 unspecified atom stereocenters. The summed E-state index contributed by atoms with van der Waals surface area (Å²) in [6.07, 6.45) is -3.95. The first-order valence-corrected chi connectivity index (χ1v) is 13.4. The molecule has 0 spiro atoms. The summed E-state index contributed by atoms with van der Waals surface area (Å²) < 4.78 is 36.9. The number of hydrogen-bond donors (Lipinski definition) is 3. The lowest BCUT2D eigenvalue weighted by Crippen LogP contribution is -2.60. The van der Waals surface area contributed by atoms with Crippen LogP contribution in [0.5, 0.6) is 0 Å². The maximum atomic E-state index is 10.6. The maximum absolute atomic E-state index is 10.6. The molecule has 0 radical (unpaired) electrons. The van der Waals surface area contributed by atoms with Gasteiger partial charge in [0.2, 0.25) is 0 Å². The quantitative estimate of drug-likeness (QED) is 0.458. The molecule has 9 nitrogen and oxygen atoms in total. The number of ether oxygens (including phenoxy) is 6. The lowest BCUT2D eigenvalue weighted by Gasteiger charge is -2.50. The molecule has 0 aromatic heterocycles. The second-order valence-corrected chi connectivity index (χ2v) is 10.8. The summed E-state index contributed by atoms with van der Waals surface area (Å²) in [7, 11) is 1.68. The zero-order chi connectivity index (χ0) is 26.0. The van der Waals surface area contributed by atoms with Gasteiger partial charge < -0.3 is 43.7 Å². The Bertz CT molecular complexity index is 644. The van der Waals surface area contributed by atoms with Crippen molar-refractivity contribution >= 4 is 0 Å². The number of hydrogen-bond acceptors (Lipinski definition) is 9. The number of aliphatic hydroxyl groups is 3. The number of rotatable bonds is 8. The molecule has 3 fully saturated rings. The van der Waals surface area contributed by atoms with Gasteiger partial charge in [0.1, 0.15) is 6.10 Å². The molecule has 3 rings (SSSR count). The minimum atomic E-state index is -1.21. The van der Waals surface area contributed by atoms with Crippen molar-refractivity contribution < 1.29 is 43.7 Å². The molecule has 3 N–H and O–H groups in total. The van der Waals surface area contributed by atoms with Gasteiger partial charge in [-0.3, -0.25) is 0 Å². The first kappa shape index (κ1) is 29.2. The second-order valence-electron chi connectivity index (χ2n) is 10.8. The molecule has 15 atom stereocenters. The third kappa shape index (κ3) is 5.89. The van der Waals surface area contributed by atoms with Crippen molar-refractivity contribution in [1.82, 2.24) is 0 Å². The molecule has 0 aromatic carbocycles. The summed E-state index contributed by atoms with van der Waals surface area (Å²) >= 11 is 0. The minimum Gasteiger partial charge on any atom is -0.394 e. The summed E-state index contributed by atoms with van der Waals surface area (Å²) in [4.78, 5) is 0.